The molecule has 0 radical (unpaired) electrons. The third kappa shape index (κ3) is 3.88. The Bertz CT molecular complexity index is 490. The largest absolute Gasteiger partial charge is 0.390 e. The number of nitrogens with two attached hydrogens (primary N) is 1. The van der Waals surface area contributed by atoms with E-state index in [-0.39, 0.29) is 22.9 Å². The first kappa shape index (κ1) is 17.2. The molecule has 104 valence electrons. The molecule has 0 amide bonds. The summed E-state index contributed by atoms with van der Waals surface area (Å²) in [5.41, 5.74) is 5.35. The van der Waals surface area contributed by atoms with Crippen LogP contribution in [0.1, 0.15) is 11.6 Å². The van der Waals surface area contributed by atoms with Crippen LogP contribution in [0.5, 0.6) is 0 Å². The topological polar surface area (TPSA) is 80.4 Å². The zero-order valence-electron chi connectivity index (χ0n) is 9.51. The van der Waals surface area contributed by atoms with Crippen LogP contribution in [0.3, 0.4) is 0 Å². The normalized spacial score (nSPS) is 13.8. The van der Waals surface area contributed by atoms with Crippen molar-refractivity contribution in [2.24, 2.45) is 5.73 Å². The third-order valence-corrected chi connectivity index (χ3v) is 3.46. The molecule has 0 unspecified atom stereocenters. The summed E-state index contributed by atoms with van der Waals surface area (Å²) in [6, 6.07) is 3.17. The molecule has 0 aliphatic carbocycles. The van der Waals surface area contributed by atoms with Crippen molar-refractivity contribution in [3.8, 4) is 0 Å². The predicted octanol–water partition coefficient (Wildman–Crippen LogP) is 1.14. The van der Waals surface area contributed by atoms with E-state index in [1.54, 1.807) is 0 Å². The summed E-state index contributed by atoms with van der Waals surface area (Å²) in [7, 11) is -3.36. The molecular weight excluding hydrogens is 288 g/mol. The summed E-state index contributed by atoms with van der Waals surface area (Å²) < 4.78 is 48.4. The molecule has 0 spiro atoms. The van der Waals surface area contributed by atoms with Gasteiger partial charge in [-0.05, 0) is 17.7 Å². The van der Waals surface area contributed by atoms with Crippen molar-refractivity contribution in [1.29, 1.82) is 0 Å². The molecule has 1 rings (SSSR count). The minimum absolute atomic E-state index is 0. The molecule has 3 N–H and O–H groups in total. The van der Waals surface area contributed by atoms with Crippen molar-refractivity contribution < 1.29 is 22.3 Å². The Kier molecular flexibility index (Phi) is 5.67. The summed E-state index contributed by atoms with van der Waals surface area (Å²) in [6.07, 6.45) is 1.02. The minimum Gasteiger partial charge on any atom is -0.390 e. The lowest BCUT2D eigenvalue weighted by molar-refractivity contribution is -0.0711. The average Bonchev–Trinajstić information content (AvgIpc) is 2.27. The molecule has 1 atom stereocenters. The quantitative estimate of drug-likeness (QED) is 0.874. The van der Waals surface area contributed by atoms with Gasteiger partial charge in [-0.1, -0.05) is 12.1 Å². The maximum absolute atomic E-state index is 13.1. The van der Waals surface area contributed by atoms with Gasteiger partial charge in [0.25, 0.3) is 5.92 Å². The lowest BCUT2D eigenvalue weighted by atomic mass is 10.0. The van der Waals surface area contributed by atoms with E-state index in [0.29, 0.717) is 0 Å². The maximum Gasteiger partial charge on any atom is 0.289 e. The highest BCUT2D eigenvalue weighted by Gasteiger charge is 2.37. The van der Waals surface area contributed by atoms with Gasteiger partial charge in [0.1, 0.15) is 6.61 Å². The van der Waals surface area contributed by atoms with Gasteiger partial charge in [-0.25, -0.2) is 17.2 Å². The Hall–Kier alpha value is -0.760. The van der Waals surface area contributed by atoms with Crippen LogP contribution in [0.15, 0.2) is 29.2 Å². The van der Waals surface area contributed by atoms with Crippen LogP contribution in [0.25, 0.3) is 0 Å². The van der Waals surface area contributed by atoms with Crippen molar-refractivity contribution in [2.45, 2.75) is 16.9 Å². The minimum atomic E-state index is -3.44. The molecule has 18 heavy (non-hydrogen) atoms. The number of rotatable bonds is 4. The summed E-state index contributed by atoms with van der Waals surface area (Å²) in [5, 5.41) is 8.48. The van der Waals surface area contributed by atoms with E-state index in [1.165, 1.54) is 24.3 Å². The van der Waals surface area contributed by atoms with E-state index in [1.807, 2.05) is 0 Å². The second-order valence-corrected chi connectivity index (χ2v) is 5.75. The van der Waals surface area contributed by atoms with Crippen molar-refractivity contribution in [3.63, 3.8) is 0 Å². The van der Waals surface area contributed by atoms with Crippen LogP contribution < -0.4 is 5.73 Å². The lowest BCUT2D eigenvalue weighted by Crippen LogP contribution is -2.36. The lowest BCUT2D eigenvalue weighted by Gasteiger charge is -2.21. The monoisotopic (exact) mass is 301 g/mol. The van der Waals surface area contributed by atoms with Gasteiger partial charge in [-0.3, -0.25) is 0 Å². The smallest absolute Gasteiger partial charge is 0.289 e. The van der Waals surface area contributed by atoms with Crippen LogP contribution in [0.2, 0.25) is 0 Å². The molecule has 8 heteroatoms. The fourth-order valence-electron chi connectivity index (χ4n) is 1.26. The number of halogens is 3. The van der Waals surface area contributed by atoms with E-state index in [9.17, 15) is 17.2 Å². The summed E-state index contributed by atoms with van der Waals surface area (Å²) in [4.78, 5) is 0.0285. The SMILES string of the molecule is CS(=O)(=O)c1ccc([C@H](N)C(F)(F)CO)cc1.Cl. The van der Waals surface area contributed by atoms with E-state index < -0.39 is 28.4 Å². The molecule has 0 aromatic heterocycles. The Morgan fingerprint density at radius 2 is 1.78 bits per heavy atom. The maximum atomic E-state index is 13.1. The number of hydrogen-bond acceptors (Lipinski definition) is 4. The van der Waals surface area contributed by atoms with Gasteiger partial charge in [-0.2, -0.15) is 0 Å². The van der Waals surface area contributed by atoms with Crippen LogP contribution in [0, 0.1) is 0 Å². The van der Waals surface area contributed by atoms with E-state index in [4.69, 9.17) is 10.8 Å². The summed E-state index contributed by atoms with van der Waals surface area (Å²) >= 11 is 0. The van der Waals surface area contributed by atoms with Gasteiger partial charge in [0.15, 0.2) is 9.84 Å². The molecule has 1 aromatic carbocycles. The van der Waals surface area contributed by atoms with E-state index in [0.717, 1.165) is 6.26 Å². The molecule has 0 saturated carbocycles. The number of alkyl halides is 2. The van der Waals surface area contributed by atoms with Gasteiger partial charge in [0, 0.05) is 6.26 Å². The molecule has 1 aromatic rings. The van der Waals surface area contributed by atoms with Crippen molar-refractivity contribution >= 4 is 22.2 Å². The van der Waals surface area contributed by atoms with E-state index in [2.05, 4.69) is 0 Å². The molecule has 0 aliphatic rings. The highest BCUT2D eigenvalue weighted by molar-refractivity contribution is 7.90. The van der Waals surface area contributed by atoms with Crippen LogP contribution in [-0.2, 0) is 9.84 Å². The van der Waals surface area contributed by atoms with Gasteiger partial charge >= 0.3 is 0 Å². The first-order valence-corrected chi connectivity index (χ1v) is 6.62. The number of sulfone groups is 1. The zero-order valence-corrected chi connectivity index (χ0v) is 11.1. The molecule has 0 bridgehead atoms. The zero-order chi connectivity index (χ0) is 13.3. The molecule has 4 nitrogen and oxygen atoms in total. The second-order valence-electron chi connectivity index (χ2n) is 3.74. The fourth-order valence-corrected chi connectivity index (χ4v) is 1.90. The van der Waals surface area contributed by atoms with Crippen LogP contribution in [0.4, 0.5) is 8.78 Å². The first-order valence-electron chi connectivity index (χ1n) is 4.73. The molecule has 0 heterocycles. The van der Waals surface area contributed by atoms with Gasteiger partial charge < -0.3 is 10.8 Å². The Morgan fingerprint density at radius 3 is 2.11 bits per heavy atom. The first-order chi connectivity index (χ1) is 7.68. The molecular formula is C10H14ClF2NO3S. The van der Waals surface area contributed by atoms with Gasteiger partial charge in [0.05, 0.1) is 10.9 Å². The van der Waals surface area contributed by atoms with E-state index >= 15 is 0 Å². The van der Waals surface area contributed by atoms with Crippen molar-refractivity contribution in [3.05, 3.63) is 29.8 Å². The summed E-state index contributed by atoms with van der Waals surface area (Å²) in [6.45, 7) is -1.36. The van der Waals surface area contributed by atoms with Crippen LogP contribution in [-0.4, -0.2) is 32.3 Å². The Balaban J connectivity index is 0.00000289. The Morgan fingerprint density at radius 1 is 1.33 bits per heavy atom. The van der Waals surface area contributed by atoms with Crippen molar-refractivity contribution in [1.82, 2.24) is 0 Å². The second kappa shape index (κ2) is 5.92. The number of aliphatic hydroxyl groups is 1. The molecule has 0 saturated heterocycles. The highest BCUT2D eigenvalue weighted by Crippen LogP contribution is 2.29. The van der Waals surface area contributed by atoms with Gasteiger partial charge in [0.2, 0.25) is 0 Å². The number of benzene rings is 1. The standard InChI is InChI=1S/C10H13F2NO3S.ClH/c1-17(15,16)8-4-2-7(3-5-8)9(13)10(11,12)6-14;/h2-5,9,14H,6,13H2,1H3;1H/t9-;/m0./s1. The predicted molar refractivity (Wildman–Crippen MR) is 65.8 cm³/mol. The third-order valence-electron chi connectivity index (χ3n) is 2.33. The number of aliphatic hydroxyl groups excluding tert-OH is 1. The highest BCUT2D eigenvalue weighted by atomic mass is 35.5. The van der Waals surface area contributed by atoms with Crippen molar-refractivity contribution in [2.75, 3.05) is 12.9 Å². The molecule has 0 aliphatic heterocycles. The Labute approximate surface area is 110 Å². The fraction of sp³-hybridized carbons (Fsp3) is 0.400. The average molecular weight is 302 g/mol. The van der Waals surface area contributed by atoms with Gasteiger partial charge in [-0.15, -0.1) is 12.4 Å². The van der Waals surface area contributed by atoms with Crippen LogP contribution >= 0.6 is 12.4 Å². The number of hydrogen-bond donors (Lipinski definition) is 2. The summed E-state index contributed by atoms with van der Waals surface area (Å²) in [5.74, 6) is -3.44. The molecule has 0 fully saturated rings.